The highest BCUT2D eigenvalue weighted by molar-refractivity contribution is 6.22. The molecule has 0 spiro atoms. The monoisotopic (exact) mass is 444 g/mol. The number of benzene rings is 2. The van der Waals surface area contributed by atoms with Gasteiger partial charge in [-0.05, 0) is 68.6 Å². The number of nitrogens with zero attached hydrogens (tertiary/aromatic N) is 3. The molecule has 33 heavy (non-hydrogen) atoms. The molecule has 2 aromatic carbocycles. The van der Waals surface area contributed by atoms with Gasteiger partial charge in [0.1, 0.15) is 0 Å². The average Bonchev–Trinajstić information content (AvgIpc) is 3.07. The summed E-state index contributed by atoms with van der Waals surface area (Å²) >= 11 is 0. The highest BCUT2D eigenvalue weighted by Gasteiger charge is 2.36. The van der Waals surface area contributed by atoms with Crippen molar-refractivity contribution in [2.24, 2.45) is 0 Å². The second-order valence-electron chi connectivity index (χ2n) is 8.76. The van der Waals surface area contributed by atoms with Gasteiger partial charge >= 0.3 is 0 Å². The van der Waals surface area contributed by atoms with Gasteiger partial charge in [-0.25, -0.2) is 0 Å². The number of fused-ring (bicyclic) bond motifs is 1. The maximum atomic E-state index is 12.9. The number of carbonyl (C=O) groups is 3. The van der Waals surface area contributed by atoms with Crippen LogP contribution in [0.15, 0.2) is 42.5 Å². The Balaban J connectivity index is 1.35. The zero-order chi connectivity index (χ0) is 23.4. The Kier molecular flexibility index (Phi) is 6.85. The van der Waals surface area contributed by atoms with Gasteiger partial charge in [0.2, 0.25) is 0 Å². The molecule has 4 rings (SSSR count). The molecule has 1 atom stereocenters. The fourth-order valence-electron chi connectivity index (χ4n) is 4.52. The van der Waals surface area contributed by atoms with Crippen LogP contribution in [-0.4, -0.2) is 53.2 Å². The van der Waals surface area contributed by atoms with E-state index in [1.165, 1.54) is 30.2 Å². The van der Waals surface area contributed by atoms with Crippen molar-refractivity contribution in [1.29, 1.82) is 5.26 Å². The zero-order valence-corrected chi connectivity index (χ0v) is 18.8. The van der Waals surface area contributed by atoms with E-state index >= 15 is 0 Å². The number of piperidine rings is 1. The highest BCUT2D eigenvalue weighted by atomic mass is 16.2. The lowest BCUT2D eigenvalue weighted by Gasteiger charge is -2.33. The van der Waals surface area contributed by atoms with E-state index in [1.807, 2.05) is 6.07 Å². The smallest absolute Gasteiger partial charge is 0.261 e. The molecule has 2 aromatic rings. The number of hydrogen-bond acceptors (Lipinski definition) is 5. The molecule has 1 saturated heterocycles. The molecule has 1 fully saturated rings. The fourth-order valence-corrected chi connectivity index (χ4v) is 4.52. The van der Waals surface area contributed by atoms with Crippen LogP contribution >= 0.6 is 0 Å². The standard InChI is InChI=1S/C26H28N4O3/c1-18-5-2-3-13-29(18)14-4-12-28-24(31)21-10-11-22-23(15-21)26(33)30(25(22)32)17-20-8-6-19(16-27)7-9-20/h6-11,15,18H,2-5,12-14,17H2,1H3,(H,28,31). The van der Waals surface area contributed by atoms with Crippen LogP contribution in [0.5, 0.6) is 0 Å². The molecule has 3 amide bonds. The zero-order valence-electron chi connectivity index (χ0n) is 18.8. The van der Waals surface area contributed by atoms with Gasteiger partial charge in [0, 0.05) is 24.7 Å². The van der Waals surface area contributed by atoms with Crippen LogP contribution in [0.25, 0.3) is 0 Å². The van der Waals surface area contributed by atoms with Crippen molar-refractivity contribution in [3.8, 4) is 6.07 Å². The van der Waals surface area contributed by atoms with Gasteiger partial charge < -0.3 is 10.2 Å². The lowest BCUT2D eigenvalue weighted by atomic mass is 10.0. The molecule has 0 bridgehead atoms. The summed E-state index contributed by atoms with van der Waals surface area (Å²) < 4.78 is 0. The van der Waals surface area contributed by atoms with Crippen molar-refractivity contribution in [3.63, 3.8) is 0 Å². The molecule has 7 heteroatoms. The summed E-state index contributed by atoms with van der Waals surface area (Å²) in [6.45, 7) is 5.02. The highest BCUT2D eigenvalue weighted by Crippen LogP contribution is 2.26. The van der Waals surface area contributed by atoms with Crippen molar-refractivity contribution >= 4 is 17.7 Å². The maximum absolute atomic E-state index is 12.9. The summed E-state index contributed by atoms with van der Waals surface area (Å²) in [5.41, 5.74) is 2.21. The van der Waals surface area contributed by atoms with E-state index < -0.39 is 5.91 Å². The van der Waals surface area contributed by atoms with Crippen LogP contribution < -0.4 is 5.32 Å². The topological polar surface area (TPSA) is 93.5 Å². The number of likely N-dealkylation sites (tertiary alicyclic amines) is 1. The normalized spacial score (nSPS) is 18.2. The molecule has 1 N–H and O–H groups in total. The molecule has 1 unspecified atom stereocenters. The van der Waals surface area contributed by atoms with E-state index in [0.717, 1.165) is 25.1 Å². The van der Waals surface area contributed by atoms with Gasteiger partial charge in [0.15, 0.2) is 0 Å². The minimum atomic E-state index is -0.409. The minimum absolute atomic E-state index is 0.120. The largest absolute Gasteiger partial charge is 0.352 e. The number of nitrogens with one attached hydrogen (secondary N) is 1. The molecular formula is C26H28N4O3. The van der Waals surface area contributed by atoms with Gasteiger partial charge in [-0.1, -0.05) is 18.6 Å². The molecule has 170 valence electrons. The van der Waals surface area contributed by atoms with E-state index in [0.29, 0.717) is 29.3 Å². The first kappa shape index (κ1) is 22.7. The Hall–Kier alpha value is -3.50. The number of carbonyl (C=O) groups excluding carboxylic acids is 3. The van der Waals surface area contributed by atoms with Gasteiger partial charge in [0.25, 0.3) is 17.7 Å². The van der Waals surface area contributed by atoms with E-state index in [9.17, 15) is 14.4 Å². The SMILES string of the molecule is CC1CCCCN1CCCNC(=O)c1ccc2c(c1)C(=O)N(Cc1ccc(C#N)cc1)C2=O. The third-order valence-electron chi connectivity index (χ3n) is 6.50. The molecule has 2 heterocycles. The van der Waals surface area contributed by atoms with E-state index in [4.69, 9.17) is 5.26 Å². The van der Waals surface area contributed by atoms with Gasteiger partial charge in [-0.3, -0.25) is 19.3 Å². The fraction of sp³-hybridized carbons (Fsp3) is 0.385. The summed E-state index contributed by atoms with van der Waals surface area (Å²) in [4.78, 5) is 41.9. The first-order valence-corrected chi connectivity index (χ1v) is 11.5. The van der Waals surface area contributed by atoms with Crippen molar-refractivity contribution in [3.05, 3.63) is 70.3 Å². The summed E-state index contributed by atoms with van der Waals surface area (Å²) in [6.07, 6.45) is 4.63. The Labute approximate surface area is 194 Å². The molecule has 2 aliphatic rings. The van der Waals surface area contributed by atoms with E-state index in [-0.39, 0.29) is 23.9 Å². The Morgan fingerprint density at radius 3 is 2.58 bits per heavy atom. The molecule has 7 nitrogen and oxygen atoms in total. The van der Waals surface area contributed by atoms with Crippen molar-refractivity contribution in [1.82, 2.24) is 15.1 Å². The first-order valence-electron chi connectivity index (χ1n) is 11.5. The summed E-state index contributed by atoms with van der Waals surface area (Å²) in [5.74, 6) is -1.02. The van der Waals surface area contributed by atoms with Crippen LogP contribution in [0.2, 0.25) is 0 Å². The van der Waals surface area contributed by atoms with Crippen LogP contribution in [0, 0.1) is 11.3 Å². The van der Waals surface area contributed by atoms with Crippen LogP contribution in [0.4, 0.5) is 0 Å². The number of imide groups is 1. The number of nitriles is 1. The average molecular weight is 445 g/mol. The lowest BCUT2D eigenvalue weighted by molar-refractivity contribution is 0.0642. The van der Waals surface area contributed by atoms with Crippen LogP contribution in [0.3, 0.4) is 0 Å². The molecular weight excluding hydrogens is 416 g/mol. The molecule has 0 aromatic heterocycles. The second-order valence-corrected chi connectivity index (χ2v) is 8.76. The Morgan fingerprint density at radius 2 is 1.85 bits per heavy atom. The quantitative estimate of drug-likeness (QED) is 0.522. The van der Waals surface area contributed by atoms with Crippen LogP contribution in [0.1, 0.15) is 74.8 Å². The van der Waals surface area contributed by atoms with Crippen molar-refractivity contribution < 1.29 is 14.4 Å². The molecule has 0 radical (unpaired) electrons. The van der Waals surface area contributed by atoms with Gasteiger partial charge in [-0.15, -0.1) is 0 Å². The molecule has 0 aliphatic carbocycles. The third-order valence-corrected chi connectivity index (χ3v) is 6.50. The predicted molar refractivity (Wildman–Crippen MR) is 124 cm³/mol. The summed E-state index contributed by atoms with van der Waals surface area (Å²) in [6, 6.07) is 14.1. The van der Waals surface area contributed by atoms with Gasteiger partial charge in [-0.2, -0.15) is 5.26 Å². The number of amides is 3. The lowest BCUT2D eigenvalue weighted by Crippen LogP contribution is -2.39. The van der Waals surface area contributed by atoms with Crippen molar-refractivity contribution in [2.45, 2.75) is 45.2 Å². The first-order chi connectivity index (χ1) is 16.0. The Bertz CT molecular complexity index is 1100. The van der Waals surface area contributed by atoms with Crippen molar-refractivity contribution in [2.75, 3.05) is 19.6 Å². The maximum Gasteiger partial charge on any atom is 0.261 e. The minimum Gasteiger partial charge on any atom is -0.352 e. The summed E-state index contributed by atoms with van der Waals surface area (Å²) in [7, 11) is 0. The second kappa shape index (κ2) is 9.97. The Morgan fingerprint density at radius 1 is 1.09 bits per heavy atom. The predicted octanol–water partition coefficient (Wildman–Crippen LogP) is 3.35. The van der Waals surface area contributed by atoms with E-state index in [2.05, 4.69) is 17.1 Å². The van der Waals surface area contributed by atoms with E-state index in [1.54, 1.807) is 36.4 Å². The third kappa shape index (κ3) is 4.96. The van der Waals surface area contributed by atoms with Crippen LogP contribution in [-0.2, 0) is 6.54 Å². The summed E-state index contributed by atoms with van der Waals surface area (Å²) in [5, 5.41) is 11.9. The molecule has 2 aliphatic heterocycles. The number of rotatable bonds is 7. The van der Waals surface area contributed by atoms with Gasteiger partial charge in [0.05, 0.1) is 29.3 Å². The number of hydrogen-bond donors (Lipinski definition) is 1. The molecule has 0 saturated carbocycles.